The highest BCUT2D eigenvalue weighted by molar-refractivity contribution is 6.42. The molecule has 0 bridgehead atoms. The van der Waals surface area contributed by atoms with E-state index >= 15 is 0 Å². The van der Waals surface area contributed by atoms with Crippen LogP contribution >= 0.6 is 23.2 Å². The fourth-order valence-corrected chi connectivity index (χ4v) is 2.49. The van der Waals surface area contributed by atoms with E-state index in [4.69, 9.17) is 27.9 Å². The highest BCUT2D eigenvalue weighted by Crippen LogP contribution is 2.27. The summed E-state index contributed by atoms with van der Waals surface area (Å²) in [4.78, 5) is 11.4. The van der Waals surface area contributed by atoms with Crippen LogP contribution in [-0.2, 0) is 6.61 Å². The highest BCUT2D eigenvalue weighted by Gasteiger charge is 2.09. The molecule has 0 atom stereocenters. The summed E-state index contributed by atoms with van der Waals surface area (Å²) < 4.78 is 5.87. The van der Waals surface area contributed by atoms with Crippen LogP contribution in [0.25, 0.3) is 0 Å². The minimum atomic E-state index is 0.0530. The first-order valence-corrected chi connectivity index (χ1v) is 7.33. The zero-order valence-corrected chi connectivity index (χ0v) is 13.7. The average molecular weight is 323 g/mol. The van der Waals surface area contributed by atoms with Crippen molar-refractivity contribution in [1.82, 2.24) is 0 Å². The van der Waals surface area contributed by atoms with Gasteiger partial charge in [-0.1, -0.05) is 29.3 Å². The van der Waals surface area contributed by atoms with Crippen molar-refractivity contribution < 1.29 is 9.53 Å². The third-order valence-corrected chi connectivity index (χ3v) is 3.97. The molecule has 0 aliphatic carbocycles. The Bertz CT molecular complexity index is 670. The Morgan fingerprint density at radius 2 is 1.67 bits per heavy atom. The number of ether oxygens (including phenoxy) is 1. The molecule has 0 fully saturated rings. The van der Waals surface area contributed by atoms with Crippen molar-refractivity contribution in [3.05, 3.63) is 62.6 Å². The second-order valence-corrected chi connectivity index (χ2v) is 5.85. The zero-order chi connectivity index (χ0) is 15.6. The molecule has 0 aliphatic rings. The van der Waals surface area contributed by atoms with Gasteiger partial charge in [0, 0.05) is 5.56 Å². The van der Waals surface area contributed by atoms with Gasteiger partial charge in [-0.25, -0.2) is 0 Å². The van der Waals surface area contributed by atoms with Gasteiger partial charge >= 0.3 is 0 Å². The number of carbonyl (C=O) groups excluding carboxylic acids is 1. The summed E-state index contributed by atoms with van der Waals surface area (Å²) in [6.07, 6.45) is 0. The van der Waals surface area contributed by atoms with Gasteiger partial charge in [-0.05, 0) is 61.7 Å². The van der Waals surface area contributed by atoms with E-state index in [0.717, 1.165) is 22.4 Å². The van der Waals surface area contributed by atoms with Crippen molar-refractivity contribution >= 4 is 29.0 Å². The summed E-state index contributed by atoms with van der Waals surface area (Å²) in [5.41, 5.74) is 3.53. The Labute approximate surface area is 134 Å². The SMILES string of the molecule is CC(=O)c1cc(C)c(OCc2ccc(Cl)c(Cl)c2)c(C)c1. The Hall–Kier alpha value is -1.51. The van der Waals surface area contributed by atoms with E-state index in [-0.39, 0.29) is 5.78 Å². The molecule has 2 aromatic rings. The normalized spacial score (nSPS) is 10.5. The van der Waals surface area contributed by atoms with E-state index in [9.17, 15) is 4.79 Å². The van der Waals surface area contributed by atoms with Crippen LogP contribution in [0, 0.1) is 13.8 Å². The van der Waals surface area contributed by atoms with Crippen molar-refractivity contribution in [3.8, 4) is 5.75 Å². The molecule has 2 rings (SSSR count). The summed E-state index contributed by atoms with van der Waals surface area (Å²) in [7, 11) is 0. The number of Topliss-reactive ketones (excluding diaryl/α,β-unsaturated/α-hetero) is 1. The van der Waals surface area contributed by atoms with Gasteiger partial charge in [-0.15, -0.1) is 0 Å². The molecular formula is C17H16Cl2O2. The number of halogens is 2. The van der Waals surface area contributed by atoms with Gasteiger partial charge in [0.1, 0.15) is 12.4 Å². The Balaban J connectivity index is 2.20. The summed E-state index contributed by atoms with van der Waals surface area (Å²) in [6, 6.07) is 9.11. The molecule has 0 aliphatic heterocycles. The molecule has 0 spiro atoms. The summed E-state index contributed by atoms with van der Waals surface area (Å²) in [6.45, 7) is 5.83. The molecule has 0 amide bonds. The third kappa shape index (κ3) is 3.78. The number of rotatable bonds is 4. The van der Waals surface area contributed by atoms with Crippen LogP contribution in [-0.4, -0.2) is 5.78 Å². The molecular weight excluding hydrogens is 307 g/mol. The van der Waals surface area contributed by atoms with Crippen molar-refractivity contribution in [2.45, 2.75) is 27.4 Å². The summed E-state index contributed by atoms with van der Waals surface area (Å²) in [5.74, 6) is 0.850. The maximum absolute atomic E-state index is 11.4. The van der Waals surface area contributed by atoms with Crippen molar-refractivity contribution in [3.63, 3.8) is 0 Å². The van der Waals surface area contributed by atoms with Gasteiger partial charge in [0.25, 0.3) is 0 Å². The average Bonchev–Trinajstić information content (AvgIpc) is 2.41. The second-order valence-electron chi connectivity index (χ2n) is 5.03. The molecule has 4 heteroatoms. The van der Waals surface area contributed by atoms with E-state index in [0.29, 0.717) is 22.2 Å². The maximum Gasteiger partial charge on any atom is 0.159 e. The molecule has 2 aromatic carbocycles. The quantitative estimate of drug-likeness (QED) is 0.705. The fraction of sp³-hybridized carbons (Fsp3) is 0.235. The molecule has 2 nitrogen and oxygen atoms in total. The lowest BCUT2D eigenvalue weighted by atomic mass is 10.0. The lowest BCUT2D eigenvalue weighted by molar-refractivity contribution is 0.101. The first-order valence-electron chi connectivity index (χ1n) is 6.57. The fourth-order valence-electron chi connectivity index (χ4n) is 2.17. The lowest BCUT2D eigenvalue weighted by Gasteiger charge is -2.14. The van der Waals surface area contributed by atoms with E-state index < -0.39 is 0 Å². The lowest BCUT2D eigenvalue weighted by Crippen LogP contribution is -2.01. The number of benzene rings is 2. The minimum Gasteiger partial charge on any atom is -0.488 e. The molecule has 0 unspecified atom stereocenters. The largest absolute Gasteiger partial charge is 0.488 e. The van der Waals surface area contributed by atoms with Crippen molar-refractivity contribution in [2.24, 2.45) is 0 Å². The smallest absolute Gasteiger partial charge is 0.159 e. The molecule has 0 aromatic heterocycles. The van der Waals surface area contributed by atoms with Crippen molar-refractivity contribution in [1.29, 1.82) is 0 Å². The molecule has 110 valence electrons. The predicted octanol–water partition coefficient (Wildman–Crippen LogP) is 5.39. The van der Waals surface area contributed by atoms with Gasteiger partial charge in [0.15, 0.2) is 5.78 Å². The van der Waals surface area contributed by atoms with Crippen LogP contribution < -0.4 is 4.74 Å². The summed E-state index contributed by atoms with van der Waals surface area (Å²) >= 11 is 11.9. The van der Waals surface area contributed by atoms with Crippen LogP contribution in [0.4, 0.5) is 0 Å². The minimum absolute atomic E-state index is 0.0530. The van der Waals surface area contributed by atoms with Crippen LogP contribution in [0.3, 0.4) is 0 Å². The maximum atomic E-state index is 11.4. The van der Waals surface area contributed by atoms with Gasteiger partial charge < -0.3 is 4.74 Å². The van der Waals surface area contributed by atoms with E-state index in [2.05, 4.69) is 0 Å². The standard InChI is InChI=1S/C17H16Cl2O2/c1-10-6-14(12(3)20)7-11(2)17(10)21-9-13-4-5-15(18)16(19)8-13/h4-8H,9H2,1-3H3. The molecule has 0 saturated heterocycles. The van der Waals surface area contributed by atoms with Crippen LogP contribution in [0.15, 0.2) is 30.3 Å². The van der Waals surface area contributed by atoms with E-state index in [1.165, 1.54) is 0 Å². The first-order chi connectivity index (χ1) is 9.88. The topological polar surface area (TPSA) is 26.3 Å². The van der Waals surface area contributed by atoms with E-state index in [1.807, 2.05) is 32.0 Å². The van der Waals surface area contributed by atoms with Crippen molar-refractivity contribution in [2.75, 3.05) is 0 Å². The number of hydrogen-bond donors (Lipinski definition) is 0. The van der Waals surface area contributed by atoms with Crippen LogP contribution in [0.2, 0.25) is 10.0 Å². The summed E-state index contributed by atoms with van der Waals surface area (Å²) in [5, 5.41) is 1.04. The monoisotopic (exact) mass is 322 g/mol. The zero-order valence-electron chi connectivity index (χ0n) is 12.2. The van der Waals surface area contributed by atoms with Gasteiger partial charge in [0.05, 0.1) is 10.0 Å². The molecule has 21 heavy (non-hydrogen) atoms. The number of carbonyl (C=O) groups is 1. The van der Waals surface area contributed by atoms with Gasteiger partial charge in [-0.3, -0.25) is 4.79 Å². The van der Waals surface area contributed by atoms with Crippen LogP contribution in [0.1, 0.15) is 34.0 Å². The third-order valence-electron chi connectivity index (χ3n) is 3.23. The predicted molar refractivity (Wildman–Crippen MR) is 86.7 cm³/mol. The van der Waals surface area contributed by atoms with Gasteiger partial charge in [0.2, 0.25) is 0 Å². The molecule has 0 heterocycles. The highest BCUT2D eigenvalue weighted by atomic mass is 35.5. The number of hydrogen-bond acceptors (Lipinski definition) is 2. The Morgan fingerprint density at radius 3 is 2.19 bits per heavy atom. The van der Waals surface area contributed by atoms with Gasteiger partial charge in [-0.2, -0.15) is 0 Å². The van der Waals surface area contributed by atoms with Crippen LogP contribution in [0.5, 0.6) is 5.75 Å². The Morgan fingerprint density at radius 1 is 1.05 bits per heavy atom. The molecule has 0 saturated carbocycles. The molecule has 0 radical (unpaired) electrons. The first kappa shape index (κ1) is 15.9. The Kier molecular flexibility index (Phi) is 4.92. The number of aryl methyl sites for hydroxylation is 2. The molecule has 0 N–H and O–H groups in total. The second kappa shape index (κ2) is 6.50. The van der Waals surface area contributed by atoms with E-state index in [1.54, 1.807) is 19.1 Å². The number of ketones is 1.